The lowest BCUT2D eigenvalue weighted by molar-refractivity contribution is -0.114. The van der Waals surface area contributed by atoms with Crippen molar-refractivity contribution in [1.29, 1.82) is 0 Å². The lowest BCUT2D eigenvalue weighted by Crippen LogP contribution is -2.29. The molecule has 1 aliphatic heterocycles. The number of carbonyl (C=O) groups is 2. The molecule has 0 spiro atoms. The molecule has 10 heteroatoms. The van der Waals surface area contributed by atoms with Crippen molar-refractivity contribution in [2.75, 3.05) is 21.5 Å². The minimum Gasteiger partial charge on any atom is -0.324 e. The van der Waals surface area contributed by atoms with Crippen LogP contribution in [0.25, 0.3) is 0 Å². The van der Waals surface area contributed by atoms with Gasteiger partial charge in [-0.2, -0.15) is 0 Å². The summed E-state index contributed by atoms with van der Waals surface area (Å²) in [5.41, 5.74) is 2.07. The number of anilines is 3. The Morgan fingerprint density at radius 1 is 1.12 bits per heavy atom. The summed E-state index contributed by atoms with van der Waals surface area (Å²) in [5, 5.41) is 2.29. The number of benzene rings is 2. The fourth-order valence-electron chi connectivity index (χ4n) is 3.47. The molecule has 1 aliphatic rings. The number of amides is 2. The highest BCUT2D eigenvalue weighted by atomic mass is 32.2. The number of carbonyl (C=O) groups excluding carboxylic acids is 2. The number of pyridine rings is 1. The van der Waals surface area contributed by atoms with Gasteiger partial charge in [0.05, 0.1) is 21.8 Å². The molecule has 0 saturated carbocycles. The molecule has 2 N–H and O–H groups in total. The summed E-state index contributed by atoms with van der Waals surface area (Å²) in [5.74, 6) is -1.57. The third-order valence-corrected chi connectivity index (χ3v) is 6.33. The van der Waals surface area contributed by atoms with Crippen LogP contribution in [0.1, 0.15) is 22.8 Å². The van der Waals surface area contributed by atoms with Crippen LogP contribution in [0.2, 0.25) is 0 Å². The topological polar surface area (TPSA) is 108 Å². The molecule has 3 aromatic rings. The van der Waals surface area contributed by atoms with Crippen molar-refractivity contribution < 1.29 is 22.4 Å². The van der Waals surface area contributed by atoms with Crippen LogP contribution in [0.3, 0.4) is 0 Å². The molecule has 0 unspecified atom stereocenters. The van der Waals surface area contributed by atoms with Crippen LogP contribution in [0.15, 0.2) is 65.8 Å². The van der Waals surface area contributed by atoms with Crippen LogP contribution in [0.4, 0.5) is 21.5 Å². The highest BCUT2D eigenvalue weighted by Crippen LogP contribution is 2.33. The molecule has 2 aromatic carbocycles. The Hall–Kier alpha value is -3.79. The van der Waals surface area contributed by atoms with E-state index in [1.54, 1.807) is 41.4 Å². The normalized spacial score (nSPS) is 12.9. The van der Waals surface area contributed by atoms with Gasteiger partial charge >= 0.3 is 0 Å². The van der Waals surface area contributed by atoms with Gasteiger partial charge in [-0.05, 0) is 54.4 Å². The number of rotatable bonds is 5. The molecule has 0 aliphatic carbocycles. The third-order valence-electron chi connectivity index (χ3n) is 4.95. The summed E-state index contributed by atoms with van der Waals surface area (Å²) in [4.78, 5) is 29.2. The molecule has 32 heavy (non-hydrogen) atoms. The largest absolute Gasteiger partial charge is 0.324 e. The van der Waals surface area contributed by atoms with Gasteiger partial charge in [-0.1, -0.05) is 6.07 Å². The van der Waals surface area contributed by atoms with Crippen molar-refractivity contribution in [3.8, 4) is 0 Å². The SMILES string of the molecule is CC(=O)Nc1ccc(S(=O)(=O)Nc2ccc3c(c2)N(C(=O)c2cccnc2)CC3)cc1F. The first-order chi connectivity index (χ1) is 15.2. The van der Waals surface area contributed by atoms with Crippen LogP contribution >= 0.6 is 0 Å². The van der Waals surface area contributed by atoms with Gasteiger partial charge in [0.2, 0.25) is 5.91 Å². The van der Waals surface area contributed by atoms with E-state index >= 15 is 0 Å². The van der Waals surface area contributed by atoms with E-state index in [9.17, 15) is 22.4 Å². The molecular weight excluding hydrogens is 435 g/mol. The van der Waals surface area contributed by atoms with Gasteiger partial charge < -0.3 is 10.2 Å². The second-order valence-corrected chi connectivity index (χ2v) is 8.90. The molecule has 4 rings (SSSR count). The molecule has 0 bridgehead atoms. The summed E-state index contributed by atoms with van der Waals surface area (Å²) in [7, 11) is -4.10. The number of hydrogen-bond acceptors (Lipinski definition) is 5. The van der Waals surface area contributed by atoms with Crippen LogP contribution in [0, 0.1) is 5.82 Å². The van der Waals surface area contributed by atoms with Gasteiger partial charge in [-0.25, -0.2) is 12.8 Å². The molecule has 2 amide bonds. The van der Waals surface area contributed by atoms with E-state index in [2.05, 4.69) is 15.0 Å². The number of nitrogens with one attached hydrogen (secondary N) is 2. The summed E-state index contributed by atoms with van der Waals surface area (Å²) in [6.07, 6.45) is 3.70. The van der Waals surface area contributed by atoms with E-state index in [0.29, 0.717) is 24.2 Å². The van der Waals surface area contributed by atoms with E-state index in [-0.39, 0.29) is 22.2 Å². The maximum atomic E-state index is 14.2. The summed E-state index contributed by atoms with van der Waals surface area (Å²) >= 11 is 0. The first-order valence-corrected chi connectivity index (χ1v) is 11.2. The summed E-state index contributed by atoms with van der Waals surface area (Å²) in [6.45, 7) is 1.69. The monoisotopic (exact) mass is 454 g/mol. The van der Waals surface area contributed by atoms with Crippen LogP contribution in [-0.4, -0.2) is 31.8 Å². The molecule has 8 nitrogen and oxygen atoms in total. The smallest absolute Gasteiger partial charge is 0.261 e. The highest BCUT2D eigenvalue weighted by molar-refractivity contribution is 7.92. The van der Waals surface area contributed by atoms with Crippen molar-refractivity contribution >= 4 is 38.9 Å². The average Bonchev–Trinajstić information content (AvgIpc) is 3.18. The fraction of sp³-hybridized carbons (Fsp3) is 0.136. The molecule has 0 radical (unpaired) electrons. The maximum Gasteiger partial charge on any atom is 0.261 e. The Bertz CT molecular complexity index is 1310. The van der Waals surface area contributed by atoms with Gasteiger partial charge in [0.25, 0.3) is 15.9 Å². The molecule has 1 aromatic heterocycles. The van der Waals surface area contributed by atoms with Gasteiger partial charge in [-0.3, -0.25) is 19.3 Å². The number of hydrogen-bond donors (Lipinski definition) is 2. The van der Waals surface area contributed by atoms with E-state index in [4.69, 9.17) is 0 Å². The minimum absolute atomic E-state index is 0.112. The zero-order chi connectivity index (χ0) is 22.9. The number of halogens is 1. The number of sulfonamides is 1. The Morgan fingerprint density at radius 3 is 2.62 bits per heavy atom. The Balaban J connectivity index is 1.59. The second kappa shape index (κ2) is 8.39. The van der Waals surface area contributed by atoms with E-state index in [1.165, 1.54) is 25.3 Å². The molecule has 0 saturated heterocycles. The van der Waals surface area contributed by atoms with Crippen LogP contribution in [-0.2, 0) is 21.2 Å². The average molecular weight is 454 g/mol. The first-order valence-electron chi connectivity index (χ1n) is 9.69. The Morgan fingerprint density at radius 2 is 1.94 bits per heavy atom. The quantitative estimate of drug-likeness (QED) is 0.616. The maximum absolute atomic E-state index is 14.2. The Labute approximate surface area is 184 Å². The van der Waals surface area contributed by atoms with E-state index < -0.39 is 21.7 Å². The van der Waals surface area contributed by atoms with Crippen LogP contribution < -0.4 is 14.9 Å². The predicted octanol–water partition coefficient (Wildman–Crippen LogP) is 3.18. The van der Waals surface area contributed by atoms with Gasteiger partial charge in [0.1, 0.15) is 5.82 Å². The zero-order valence-electron chi connectivity index (χ0n) is 17.0. The fourth-order valence-corrected chi connectivity index (χ4v) is 4.53. The Kier molecular flexibility index (Phi) is 5.62. The lowest BCUT2D eigenvalue weighted by atomic mass is 10.1. The molecule has 0 atom stereocenters. The van der Waals surface area contributed by atoms with Gasteiger partial charge in [0, 0.05) is 31.5 Å². The van der Waals surface area contributed by atoms with Crippen molar-refractivity contribution in [2.45, 2.75) is 18.2 Å². The lowest BCUT2D eigenvalue weighted by Gasteiger charge is -2.18. The van der Waals surface area contributed by atoms with Gasteiger partial charge in [-0.15, -0.1) is 0 Å². The standard InChI is InChI=1S/C22H19FN4O4S/c1-14(28)25-20-7-6-18(12-19(20)23)32(30,31)26-17-5-4-15-8-10-27(21(15)11-17)22(29)16-3-2-9-24-13-16/h2-7,9,11-13,26H,8,10H2,1H3,(H,25,28). The third kappa shape index (κ3) is 4.30. The summed E-state index contributed by atoms with van der Waals surface area (Å²) < 4.78 is 42.2. The van der Waals surface area contributed by atoms with E-state index in [0.717, 1.165) is 11.6 Å². The van der Waals surface area contributed by atoms with Crippen molar-refractivity contribution in [3.05, 3.63) is 77.9 Å². The first kappa shape index (κ1) is 21.4. The second-order valence-electron chi connectivity index (χ2n) is 7.22. The number of aromatic nitrogens is 1. The minimum atomic E-state index is -4.10. The van der Waals surface area contributed by atoms with E-state index in [1.807, 2.05) is 0 Å². The van der Waals surface area contributed by atoms with Crippen molar-refractivity contribution in [3.63, 3.8) is 0 Å². The highest BCUT2D eigenvalue weighted by Gasteiger charge is 2.27. The molecule has 0 fully saturated rings. The van der Waals surface area contributed by atoms with Crippen molar-refractivity contribution in [1.82, 2.24) is 4.98 Å². The molecular formula is C22H19FN4O4S. The van der Waals surface area contributed by atoms with Crippen molar-refractivity contribution in [2.24, 2.45) is 0 Å². The van der Waals surface area contributed by atoms with Gasteiger partial charge in [0.15, 0.2) is 0 Å². The zero-order valence-corrected chi connectivity index (χ0v) is 17.8. The predicted molar refractivity (Wildman–Crippen MR) is 118 cm³/mol. The number of fused-ring (bicyclic) bond motifs is 1. The van der Waals surface area contributed by atoms with Crippen LogP contribution in [0.5, 0.6) is 0 Å². The number of nitrogens with zero attached hydrogens (tertiary/aromatic N) is 2. The molecule has 164 valence electrons. The summed E-state index contributed by atoms with van der Waals surface area (Å²) in [6, 6.07) is 11.5. The molecule has 2 heterocycles.